The number of nitrogens with zero attached hydrogens (tertiary/aromatic N) is 15. The maximum atomic E-state index is 12.9. The Morgan fingerprint density at radius 2 is 1.05 bits per heavy atom. The van der Waals surface area contributed by atoms with Crippen LogP contribution < -0.4 is 32.6 Å². The summed E-state index contributed by atoms with van der Waals surface area (Å²) in [4.78, 5) is 75.1. The largest absolute Gasteiger partial charge is 0.444 e. The lowest BCUT2D eigenvalue weighted by atomic mass is 9.86. The Kier molecular flexibility index (Phi) is 48.8. The first-order chi connectivity index (χ1) is 64.1. The van der Waals surface area contributed by atoms with Crippen molar-refractivity contribution < 1.29 is 50.3 Å². The van der Waals surface area contributed by atoms with Gasteiger partial charge < -0.3 is 44.3 Å². The number of hydrogen-bond donors (Lipinski definition) is 8. The van der Waals surface area contributed by atoms with E-state index in [1.54, 1.807) is 34.0 Å². The molecule has 0 radical (unpaired) electrons. The molecule has 1 aromatic carbocycles. The molecule has 0 atom stereocenters. The predicted octanol–water partition coefficient (Wildman–Crippen LogP) is 26.0. The number of azo groups is 1. The number of aromatic nitrogens is 13. The second-order valence-corrected chi connectivity index (χ2v) is 47.9. The molecule has 7 aromatic rings. The molecule has 0 saturated heterocycles. The third kappa shape index (κ3) is 49.7. The number of tetrazole rings is 1. The fourth-order valence-electron chi connectivity index (χ4n) is 10.9. The number of fused-ring (bicyclic) bond motifs is 1. The molecule has 36 heteroatoms. The zero-order chi connectivity index (χ0) is 110. The zero-order valence-corrected chi connectivity index (χ0v) is 92.4. The highest BCUT2D eigenvalue weighted by Gasteiger charge is 2.37. The fourth-order valence-corrected chi connectivity index (χ4v) is 10.9. The average Bonchev–Trinajstić information content (AvgIpc) is 1.07. The van der Waals surface area contributed by atoms with Gasteiger partial charge in [-0.3, -0.25) is 19.4 Å². The first-order valence-electron chi connectivity index (χ1n) is 46.9. The number of pyridine rings is 1. The fraction of sp³-hybridized carbons (Fsp3) is 0.583. The molecule has 0 saturated carbocycles. The lowest BCUT2D eigenvalue weighted by molar-refractivity contribution is -0.140. The topological polar surface area (TPSA) is 411 Å². The summed E-state index contributed by atoms with van der Waals surface area (Å²) in [6, 6.07) is 10.2. The quantitative estimate of drug-likeness (QED) is 0.0559. The molecule has 0 unspecified atom stereocenters. The van der Waals surface area contributed by atoms with Crippen LogP contribution in [0.2, 0.25) is 0 Å². The van der Waals surface area contributed by atoms with Crippen LogP contribution in [0, 0.1) is 39.4 Å². The van der Waals surface area contributed by atoms with Crippen LogP contribution in [-0.2, 0) is 80.4 Å². The number of H-pyrrole nitrogens is 4. The van der Waals surface area contributed by atoms with Crippen LogP contribution in [0.4, 0.5) is 27.6 Å². The van der Waals surface area contributed by atoms with Gasteiger partial charge in [0.05, 0.1) is 61.4 Å². The minimum Gasteiger partial charge on any atom is -0.444 e. The van der Waals surface area contributed by atoms with E-state index in [2.05, 4.69) is 283 Å². The maximum absolute atomic E-state index is 12.9. The molecule has 6 aromatic heterocycles. The Hall–Kier alpha value is -12.4. The monoisotopic (exact) mass is 2010 g/mol. The number of aryl methyl sites for hydroxylation is 1. The first kappa shape index (κ1) is 132. The number of hydrogen-bond acceptors (Lipinski definition) is 26. The van der Waals surface area contributed by atoms with Crippen LogP contribution in [0.25, 0.3) is 0 Å². The molecule has 144 heavy (non-hydrogen) atoms. The summed E-state index contributed by atoms with van der Waals surface area (Å²) in [6.45, 7) is 99.3. The molecule has 0 bridgehead atoms. The number of ether oxygens (including phenoxy) is 2. The lowest BCUT2D eigenvalue weighted by Crippen LogP contribution is -2.24. The van der Waals surface area contributed by atoms with E-state index in [4.69, 9.17) is 13.9 Å². The molecule has 0 spiro atoms. The van der Waals surface area contributed by atoms with E-state index in [1.165, 1.54) is 59.1 Å². The summed E-state index contributed by atoms with van der Waals surface area (Å²) >= 11 is 0. The van der Waals surface area contributed by atoms with Gasteiger partial charge in [-0.15, -0.1) is 25.5 Å². The van der Waals surface area contributed by atoms with Crippen LogP contribution in [0.3, 0.4) is 0 Å². The number of aromatic amines is 4. The van der Waals surface area contributed by atoms with Gasteiger partial charge in [-0.25, -0.2) is 35.6 Å². The smallest absolute Gasteiger partial charge is 0.421 e. The number of rotatable bonds is 1. The van der Waals surface area contributed by atoms with E-state index in [1.807, 2.05) is 164 Å². The number of oxime groups is 1. The van der Waals surface area contributed by atoms with Gasteiger partial charge in [-0.05, 0) is 76.0 Å². The number of halogens is 5. The Morgan fingerprint density at radius 3 is 1.36 bits per heavy atom. The van der Waals surface area contributed by atoms with E-state index < -0.39 is 28.6 Å². The van der Waals surface area contributed by atoms with Crippen LogP contribution >= 0.6 is 0 Å². The molecule has 0 fully saturated rings. The van der Waals surface area contributed by atoms with Gasteiger partial charge in [0.25, 0.3) is 17.0 Å². The number of carbonyl (C=O) groups excluding carboxylic acids is 2. The number of imidazole rings is 1. The van der Waals surface area contributed by atoms with Crippen molar-refractivity contribution in [2.45, 2.75) is 375 Å². The standard InChI is InChI=1S/C11H14N2.C10H12F3NO.C10H14F2N2.C10H15N.C9H15N.C8H12N2O.C8H13NO.3C7H12N2O.C7H12N2.C7H11NO2.C5H10N4.2CH4/c1-11(2,3)9-4-5-10-8(6-9)7-12-13-10;1-9(2,3)6-4-7(10(11,12)13)8(15)14-5-6;1-9(2,3)7-5-8(10(4,11)12)14-6-13-7;1-8-5-6-9(11-7-8)10(2,3)4;1-7-5-8(6-10-7)9(2,3)4;1-8(2,3)6-4-7(11)10-5-9-6;1-6-9-5-7(10-6)8(2,3)4;1-7(2,3)5-4-6(10)9-8-5;2*1-5-8-9-6(10-5)7(2,3)4;1-7(2,3)6-4-8-5-9-6;1-7(2,3)5-4-6(9)10-8-5;1-5(2,3)4-6-8-9-7-4;;/h4-6H,7H2,1-3H3;4-5H,1-3H3,(H,14,15);5-6H,1-4H3;5-6H,1,7H2,2-4H3;6,10H,1,5H2,2-4H3;4-5H,1-3H3,(H,9,10,11);5,9H,1H2,2-4H3;4H2,1-3H3,(H,9,10);1-4H3;8H,1H2,2-4H3;4-5H,1-3H3,(H,8,9);4H2,1-3H3;1-3H3,(H,6,7,8,9);2*1H4. The Balaban J connectivity index is 0.00000154. The minimum absolute atomic E-state index is 0. The second kappa shape index (κ2) is 53.4. The van der Waals surface area contributed by atoms with Crippen LogP contribution in [0.15, 0.2) is 198 Å². The molecular formula is C108H172F5N23O8. The normalized spacial score (nSPS) is 14.9. The summed E-state index contributed by atoms with van der Waals surface area (Å²) < 4.78 is 78.7. The summed E-state index contributed by atoms with van der Waals surface area (Å²) in [7, 11) is 0. The molecule has 7 aliphatic heterocycles. The molecule has 14 rings (SSSR count). The number of nitrogens with one attached hydrogen (secondary N) is 8. The third-order valence-electron chi connectivity index (χ3n) is 20.2. The number of alkyl halides is 5. The molecule has 802 valence electrons. The lowest BCUT2D eigenvalue weighted by Gasteiger charge is -2.21. The molecule has 0 aliphatic carbocycles. The number of carbonyl (C=O) groups is 2. The van der Waals surface area contributed by atoms with Crippen LogP contribution in [0.1, 0.15) is 374 Å². The van der Waals surface area contributed by atoms with Gasteiger partial charge >= 0.3 is 12.1 Å². The number of hydrazone groups is 2. The number of allylic oxidation sites excluding steroid dienone is 3. The molecule has 8 N–H and O–H groups in total. The number of aliphatic imine (C=N–C) groups is 1. The van der Waals surface area contributed by atoms with Crippen molar-refractivity contribution in [2.24, 2.45) is 63.1 Å². The predicted molar refractivity (Wildman–Crippen MR) is 572 cm³/mol. The number of benzene rings is 1. The van der Waals surface area contributed by atoms with E-state index in [-0.39, 0.29) is 97.5 Å². The Morgan fingerprint density at radius 1 is 0.472 bits per heavy atom. The third-order valence-corrected chi connectivity index (χ3v) is 20.2. The van der Waals surface area contributed by atoms with Crippen LogP contribution in [0.5, 0.6) is 0 Å². The van der Waals surface area contributed by atoms with Gasteiger partial charge in [0.15, 0.2) is 11.7 Å². The minimum atomic E-state index is -4.60. The number of amides is 1. The van der Waals surface area contributed by atoms with Crippen molar-refractivity contribution in [1.29, 1.82) is 0 Å². The van der Waals surface area contributed by atoms with Crippen molar-refractivity contribution in [3.05, 3.63) is 236 Å². The summed E-state index contributed by atoms with van der Waals surface area (Å²) in [6.07, 6.45) is 12.8. The highest BCUT2D eigenvalue weighted by atomic mass is 19.4. The second-order valence-electron chi connectivity index (χ2n) is 47.9. The van der Waals surface area contributed by atoms with E-state index in [9.17, 15) is 41.1 Å². The Bertz CT molecular complexity index is 5360. The van der Waals surface area contributed by atoms with Crippen molar-refractivity contribution in [3.63, 3.8) is 0 Å². The van der Waals surface area contributed by atoms with Gasteiger partial charge in [0.2, 0.25) is 29.5 Å². The van der Waals surface area contributed by atoms with Crippen molar-refractivity contribution in [2.75, 3.05) is 6.54 Å². The Labute approximate surface area is 854 Å². The van der Waals surface area contributed by atoms with E-state index in [0.29, 0.717) is 59.0 Å². The van der Waals surface area contributed by atoms with Crippen molar-refractivity contribution in [3.8, 4) is 0 Å². The molecular weight excluding hydrogens is 1840 g/mol. The van der Waals surface area contributed by atoms with E-state index in [0.717, 1.165) is 78.2 Å². The van der Waals surface area contributed by atoms with E-state index >= 15 is 0 Å². The van der Waals surface area contributed by atoms with Gasteiger partial charge in [0, 0.05) is 134 Å². The summed E-state index contributed by atoms with van der Waals surface area (Å²) in [5, 5.41) is 46.7. The van der Waals surface area contributed by atoms with Gasteiger partial charge in [-0.1, -0.05) is 327 Å². The van der Waals surface area contributed by atoms with Crippen molar-refractivity contribution >= 4 is 40.6 Å². The highest BCUT2D eigenvalue weighted by molar-refractivity contribution is 6.07. The van der Waals surface area contributed by atoms with Crippen molar-refractivity contribution in [1.82, 2.24) is 87.2 Å². The molecule has 1 amide bonds. The number of dihydropyridines is 1. The molecule has 31 nitrogen and oxygen atoms in total. The summed E-state index contributed by atoms with van der Waals surface area (Å²) in [5.74, 6) is 1.69. The highest BCUT2D eigenvalue weighted by Crippen LogP contribution is 2.37. The molecule has 13 heterocycles. The molecule has 7 aliphatic rings. The SMILES string of the molecule is C.C.C=C1C=CC(C(C)(C)C)=NC1.C=C1CC(C(C)(C)C)=CN1.C=C1NC=C(C(C)(C)C)O1.C=C1NN=C(C(C)(C)C)O1.CC(C)(C)C1=NNC(=O)C1.CC(C)(C)C1=NOC(=O)C1.CC(C)(C)c1c[nH]c(=O)c(C(F)(F)F)c1.CC(C)(C)c1cc(=O)[nH]cn1.CC(C)(C)c1cc(C(C)(F)F)ncn1.CC(C)(C)c1ccc2c(c1)CN=N2.CC(C)(C)c1cnc[nH]1.CC(C)(C)c1nn[nH]n1.Cc1nnc(C(C)(C)C)o1. The summed E-state index contributed by atoms with van der Waals surface area (Å²) in [5.41, 5.74) is 16.1. The zero-order valence-electron chi connectivity index (χ0n) is 92.4. The maximum Gasteiger partial charge on any atom is 0.421 e. The van der Waals surface area contributed by atoms with Gasteiger partial charge in [0.1, 0.15) is 23.3 Å². The van der Waals surface area contributed by atoms with Gasteiger partial charge in [-0.2, -0.15) is 42.5 Å². The first-order valence-corrected chi connectivity index (χ1v) is 46.9. The van der Waals surface area contributed by atoms with Crippen LogP contribution in [-0.4, -0.2) is 107 Å². The average molecular weight is 2020 g/mol.